The van der Waals surface area contributed by atoms with Crippen molar-refractivity contribution in [3.8, 4) is 0 Å². The monoisotopic (exact) mass is 333 g/mol. The van der Waals surface area contributed by atoms with E-state index >= 15 is 0 Å². The SMILES string of the molecule is O=C(CNC(=O)c1ccoc1)NCCc1nc2c(s1)CCCC2. The maximum absolute atomic E-state index is 11.7. The first-order valence-corrected chi connectivity index (χ1v) is 8.58. The van der Waals surface area contributed by atoms with Crippen LogP contribution in [0, 0.1) is 0 Å². The zero-order valence-corrected chi connectivity index (χ0v) is 13.6. The lowest BCUT2D eigenvalue weighted by Crippen LogP contribution is -2.37. The van der Waals surface area contributed by atoms with Crippen LogP contribution in [0.5, 0.6) is 0 Å². The molecule has 122 valence electrons. The molecule has 3 rings (SSSR count). The minimum Gasteiger partial charge on any atom is -0.472 e. The molecule has 7 heteroatoms. The fraction of sp³-hybridized carbons (Fsp3) is 0.438. The Labute approximate surface area is 138 Å². The number of carbonyl (C=O) groups is 2. The van der Waals surface area contributed by atoms with Gasteiger partial charge >= 0.3 is 0 Å². The number of nitrogens with one attached hydrogen (secondary N) is 2. The van der Waals surface area contributed by atoms with E-state index in [2.05, 4.69) is 15.6 Å². The van der Waals surface area contributed by atoms with Crippen molar-refractivity contribution in [1.29, 1.82) is 0 Å². The summed E-state index contributed by atoms with van der Waals surface area (Å²) < 4.78 is 4.82. The molecule has 0 aliphatic heterocycles. The summed E-state index contributed by atoms with van der Waals surface area (Å²) in [5, 5.41) is 6.43. The molecule has 0 unspecified atom stereocenters. The van der Waals surface area contributed by atoms with E-state index in [4.69, 9.17) is 4.42 Å². The van der Waals surface area contributed by atoms with Gasteiger partial charge in [0.2, 0.25) is 5.91 Å². The van der Waals surface area contributed by atoms with Gasteiger partial charge in [-0.2, -0.15) is 0 Å². The van der Waals surface area contributed by atoms with Gasteiger partial charge in [0, 0.05) is 17.8 Å². The van der Waals surface area contributed by atoms with Gasteiger partial charge in [0.1, 0.15) is 6.26 Å². The van der Waals surface area contributed by atoms with Crippen LogP contribution in [0.3, 0.4) is 0 Å². The summed E-state index contributed by atoms with van der Waals surface area (Å²) in [6.07, 6.45) is 8.20. The van der Waals surface area contributed by atoms with Gasteiger partial charge in [-0.05, 0) is 31.7 Å². The van der Waals surface area contributed by atoms with Crippen molar-refractivity contribution in [1.82, 2.24) is 15.6 Å². The molecular formula is C16H19N3O3S. The van der Waals surface area contributed by atoms with Gasteiger partial charge in [-0.1, -0.05) is 0 Å². The predicted molar refractivity (Wildman–Crippen MR) is 86.5 cm³/mol. The summed E-state index contributed by atoms with van der Waals surface area (Å²) >= 11 is 1.76. The lowest BCUT2D eigenvalue weighted by Gasteiger charge is -2.06. The number of furan rings is 1. The van der Waals surface area contributed by atoms with Crippen LogP contribution in [0.2, 0.25) is 0 Å². The molecule has 2 aromatic rings. The van der Waals surface area contributed by atoms with Gasteiger partial charge < -0.3 is 15.1 Å². The summed E-state index contributed by atoms with van der Waals surface area (Å²) in [5.41, 5.74) is 1.65. The van der Waals surface area contributed by atoms with E-state index in [1.165, 1.54) is 35.9 Å². The highest BCUT2D eigenvalue weighted by atomic mass is 32.1. The average Bonchev–Trinajstić information content (AvgIpc) is 3.21. The molecule has 0 atom stereocenters. The molecule has 2 aromatic heterocycles. The van der Waals surface area contributed by atoms with Crippen LogP contribution in [0.25, 0.3) is 0 Å². The van der Waals surface area contributed by atoms with Crippen molar-refractivity contribution in [2.45, 2.75) is 32.1 Å². The highest BCUT2D eigenvalue weighted by Gasteiger charge is 2.15. The lowest BCUT2D eigenvalue weighted by atomic mass is 10.0. The molecule has 6 nitrogen and oxygen atoms in total. The highest BCUT2D eigenvalue weighted by molar-refractivity contribution is 7.11. The number of fused-ring (bicyclic) bond motifs is 1. The second kappa shape index (κ2) is 7.41. The minimum absolute atomic E-state index is 0.0433. The number of hydrogen-bond donors (Lipinski definition) is 2. The van der Waals surface area contributed by atoms with Crippen LogP contribution in [0.1, 0.15) is 38.8 Å². The van der Waals surface area contributed by atoms with E-state index in [0.717, 1.165) is 24.3 Å². The first-order valence-electron chi connectivity index (χ1n) is 7.77. The van der Waals surface area contributed by atoms with Crippen molar-refractivity contribution in [2.75, 3.05) is 13.1 Å². The number of carbonyl (C=O) groups excluding carboxylic acids is 2. The van der Waals surface area contributed by atoms with Gasteiger partial charge in [-0.3, -0.25) is 9.59 Å². The first-order chi connectivity index (χ1) is 11.2. The highest BCUT2D eigenvalue weighted by Crippen LogP contribution is 2.26. The number of hydrogen-bond acceptors (Lipinski definition) is 5. The van der Waals surface area contributed by atoms with Gasteiger partial charge in [0.25, 0.3) is 5.91 Å². The Kier molecular flexibility index (Phi) is 5.07. The molecular weight excluding hydrogens is 314 g/mol. The average molecular weight is 333 g/mol. The number of aromatic nitrogens is 1. The topological polar surface area (TPSA) is 84.2 Å². The number of aryl methyl sites for hydroxylation is 2. The summed E-state index contributed by atoms with van der Waals surface area (Å²) in [5.74, 6) is -0.523. The predicted octanol–water partition coefficient (Wildman–Crippen LogP) is 1.70. The normalized spacial score (nSPS) is 13.4. The quantitative estimate of drug-likeness (QED) is 0.843. The molecule has 2 heterocycles. The summed E-state index contributed by atoms with van der Waals surface area (Å²) in [4.78, 5) is 29.4. The molecule has 1 aliphatic rings. The van der Waals surface area contributed by atoms with E-state index < -0.39 is 0 Å². The van der Waals surface area contributed by atoms with Gasteiger partial charge in [-0.15, -0.1) is 11.3 Å². The second-order valence-electron chi connectivity index (χ2n) is 5.48. The van der Waals surface area contributed by atoms with E-state index in [1.807, 2.05) is 0 Å². The van der Waals surface area contributed by atoms with Crippen LogP contribution in [0.15, 0.2) is 23.0 Å². The zero-order valence-electron chi connectivity index (χ0n) is 12.8. The number of rotatable bonds is 6. The fourth-order valence-electron chi connectivity index (χ4n) is 2.54. The Hall–Kier alpha value is -2.15. The summed E-state index contributed by atoms with van der Waals surface area (Å²) in [6.45, 7) is 0.491. The Balaban J connectivity index is 1.37. The maximum Gasteiger partial charge on any atom is 0.254 e. The van der Waals surface area contributed by atoms with Crippen LogP contribution in [0.4, 0.5) is 0 Å². The van der Waals surface area contributed by atoms with Gasteiger partial charge in [0.15, 0.2) is 0 Å². The molecule has 2 N–H and O–H groups in total. The van der Waals surface area contributed by atoms with E-state index in [0.29, 0.717) is 12.1 Å². The maximum atomic E-state index is 11.7. The summed E-state index contributed by atoms with van der Waals surface area (Å²) in [6, 6.07) is 1.55. The van der Waals surface area contributed by atoms with Crippen molar-refractivity contribution in [2.24, 2.45) is 0 Å². The number of thiazole rings is 1. The smallest absolute Gasteiger partial charge is 0.254 e. The Morgan fingerprint density at radius 2 is 2.13 bits per heavy atom. The zero-order chi connectivity index (χ0) is 16.1. The number of nitrogens with zero attached hydrogens (tertiary/aromatic N) is 1. The molecule has 0 saturated heterocycles. The molecule has 0 spiro atoms. The molecule has 1 aliphatic carbocycles. The minimum atomic E-state index is -0.318. The molecule has 0 bridgehead atoms. The van der Waals surface area contributed by atoms with Crippen LogP contribution in [-0.2, 0) is 24.1 Å². The molecule has 0 fully saturated rings. The standard InChI is InChI=1S/C16H19N3O3S/c20-14(9-18-16(21)11-6-8-22-10-11)17-7-5-15-19-12-3-1-2-4-13(12)23-15/h6,8,10H,1-5,7,9H2,(H,17,20)(H,18,21). The van der Waals surface area contributed by atoms with Crippen molar-refractivity contribution in [3.63, 3.8) is 0 Å². The van der Waals surface area contributed by atoms with Crippen LogP contribution >= 0.6 is 11.3 Å². The summed E-state index contributed by atoms with van der Waals surface area (Å²) in [7, 11) is 0. The Bertz CT molecular complexity index is 655. The van der Waals surface area contributed by atoms with E-state index in [9.17, 15) is 9.59 Å². The largest absolute Gasteiger partial charge is 0.472 e. The van der Waals surface area contributed by atoms with E-state index in [1.54, 1.807) is 17.4 Å². The second-order valence-corrected chi connectivity index (χ2v) is 6.65. The molecule has 23 heavy (non-hydrogen) atoms. The van der Waals surface area contributed by atoms with Crippen LogP contribution in [-0.4, -0.2) is 29.9 Å². The van der Waals surface area contributed by atoms with Crippen molar-refractivity contribution < 1.29 is 14.0 Å². The molecule has 0 aromatic carbocycles. The van der Waals surface area contributed by atoms with Crippen molar-refractivity contribution >= 4 is 23.2 Å². The fourth-order valence-corrected chi connectivity index (χ4v) is 3.70. The third-order valence-electron chi connectivity index (χ3n) is 3.74. The Morgan fingerprint density at radius 3 is 2.91 bits per heavy atom. The third-order valence-corrected chi connectivity index (χ3v) is 4.96. The van der Waals surface area contributed by atoms with E-state index in [-0.39, 0.29) is 18.4 Å². The molecule has 0 saturated carbocycles. The van der Waals surface area contributed by atoms with Crippen LogP contribution < -0.4 is 10.6 Å². The Morgan fingerprint density at radius 1 is 1.26 bits per heavy atom. The number of amides is 2. The van der Waals surface area contributed by atoms with Gasteiger partial charge in [-0.25, -0.2) is 4.98 Å². The van der Waals surface area contributed by atoms with Crippen molar-refractivity contribution in [3.05, 3.63) is 39.7 Å². The van der Waals surface area contributed by atoms with Gasteiger partial charge in [0.05, 0.1) is 29.1 Å². The molecule has 0 radical (unpaired) electrons. The molecule has 2 amide bonds. The lowest BCUT2D eigenvalue weighted by molar-refractivity contribution is -0.120. The third kappa shape index (κ3) is 4.19. The first kappa shape index (κ1) is 15.7.